The average molecular weight is 230 g/mol. The van der Waals surface area contributed by atoms with Crippen molar-refractivity contribution < 1.29 is 0 Å². The molecule has 1 N–H and O–H groups in total. The summed E-state index contributed by atoms with van der Waals surface area (Å²) in [6.07, 6.45) is 5.30. The molecule has 1 saturated carbocycles. The van der Waals surface area contributed by atoms with Gasteiger partial charge >= 0.3 is 0 Å². The van der Waals surface area contributed by atoms with Gasteiger partial charge in [0.1, 0.15) is 0 Å². The SMILES string of the molecule is Cc1ccc2c(c1)C(NC1CC1)CCCN2C. The van der Waals surface area contributed by atoms with E-state index in [1.165, 1.54) is 49.0 Å². The lowest BCUT2D eigenvalue weighted by Crippen LogP contribution is -2.23. The zero-order valence-corrected chi connectivity index (χ0v) is 10.9. The zero-order chi connectivity index (χ0) is 11.8. The van der Waals surface area contributed by atoms with E-state index in [-0.39, 0.29) is 0 Å². The molecule has 1 aliphatic carbocycles. The normalized spacial score (nSPS) is 24.4. The largest absolute Gasteiger partial charge is 0.374 e. The molecule has 1 aliphatic heterocycles. The average Bonchev–Trinajstić information content (AvgIpc) is 3.11. The van der Waals surface area contributed by atoms with Crippen LogP contribution in [0.3, 0.4) is 0 Å². The van der Waals surface area contributed by atoms with Crippen LogP contribution in [0.25, 0.3) is 0 Å². The lowest BCUT2D eigenvalue weighted by molar-refractivity contribution is 0.494. The van der Waals surface area contributed by atoms with Crippen molar-refractivity contribution in [3.63, 3.8) is 0 Å². The first-order chi connectivity index (χ1) is 8.24. The Bertz CT molecular complexity index is 409. The van der Waals surface area contributed by atoms with Crippen LogP contribution in [0.15, 0.2) is 18.2 Å². The summed E-state index contributed by atoms with van der Waals surface area (Å²) in [6, 6.07) is 8.25. The zero-order valence-electron chi connectivity index (χ0n) is 10.9. The third-order valence-corrected chi connectivity index (χ3v) is 3.97. The molecule has 2 aliphatic rings. The van der Waals surface area contributed by atoms with Crippen LogP contribution < -0.4 is 10.2 Å². The van der Waals surface area contributed by atoms with Gasteiger partial charge in [0.25, 0.3) is 0 Å². The molecule has 0 aromatic heterocycles. The Hall–Kier alpha value is -1.02. The highest BCUT2D eigenvalue weighted by Gasteiger charge is 2.28. The first kappa shape index (κ1) is 11.1. The Balaban J connectivity index is 1.95. The van der Waals surface area contributed by atoms with E-state index in [0.29, 0.717) is 6.04 Å². The molecule has 2 heteroatoms. The number of nitrogens with one attached hydrogen (secondary N) is 1. The highest BCUT2D eigenvalue weighted by Crippen LogP contribution is 2.35. The summed E-state index contributed by atoms with van der Waals surface area (Å²) in [5.74, 6) is 0. The molecule has 0 saturated heterocycles. The molecule has 1 atom stereocenters. The van der Waals surface area contributed by atoms with E-state index in [4.69, 9.17) is 0 Å². The molecule has 0 bridgehead atoms. The Morgan fingerprint density at radius 2 is 2.06 bits per heavy atom. The van der Waals surface area contributed by atoms with Crippen molar-refractivity contribution in [2.75, 3.05) is 18.5 Å². The third kappa shape index (κ3) is 2.32. The molecular weight excluding hydrogens is 208 g/mol. The molecule has 1 aromatic rings. The minimum Gasteiger partial charge on any atom is -0.374 e. The summed E-state index contributed by atoms with van der Waals surface area (Å²) >= 11 is 0. The molecule has 1 unspecified atom stereocenters. The number of hydrogen-bond donors (Lipinski definition) is 1. The summed E-state index contributed by atoms with van der Waals surface area (Å²) in [5.41, 5.74) is 4.31. The second kappa shape index (κ2) is 4.34. The highest BCUT2D eigenvalue weighted by atomic mass is 15.1. The predicted octanol–water partition coefficient (Wildman–Crippen LogP) is 3.02. The van der Waals surface area contributed by atoms with Crippen LogP contribution in [0.5, 0.6) is 0 Å². The van der Waals surface area contributed by atoms with Crippen LogP contribution in [0.4, 0.5) is 5.69 Å². The van der Waals surface area contributed by atoms with Crippen molar-refractivity contribution in [1.29, 1.82) is 0 Å². The Kier molecular flexibility index (Phi) is 2.83. The van der Waals surface area contributed by atoms with Crippen LogP contribution in [0, 0.1) is 6.92 Å². The van der Waals surface area contributed by atoms with Gasteiger partial charge in [0, 0.05) is 31.4 Å². The monoisotopic (exact) mass is 230 g/mol. The van der Waals surface area contributed by atoms with Gasteiger partial charge in [-0.3, -0.25) is 0 Å². The maximum Gasteiger partial charge on any atom is 0.0412 e. The van der Waals surface area contributed by atoms with Crippen molar-refractivity contribution in [1.82, 2.24) is 5.32 Å². The fourth-order valence-corrected chi connectivity index (χ4v) is 2.82. The molecule has 0 amide bonds. The maximum absolute atomic E-state index is 3.81. The first-order valence-corrected chi connectivity index (χ1v) is 6.82. The number of rotatable bonds is 2. The number of fused-ring (bicyclic) bond motifs is 1. The summed E-state index contributed by atoms with van der Waals surface area (Å²) in [4.78, 5) is 2.41. The molecule has 2 nitrogen and oxygen atoms in total. The second-order valence-electron chi connectivity index (χ2n) is 5.62. The van der Waals surface area contributed by atoms with Crippen molar-refractivity contribution >= 4 is 5.69 Å². The van der Waals surface area contributed by atoms with Crippen molar-refractivity contribution in [3.05, 3.63) is 29.3 Å². The van der Waals surface area contributed by atoms with Gasteiger partial charge in [0.15, 0.2) is 0 Å². The van der Waals surface area contributed by atoms with Crippen LogP contribution in [0.1, 0.15) is 42.9 Å². The van der Waals surface area contributed by atoms with E-state index < -0.39 is 0 Å². The molecule has 3 rings (SSSR count). The summed E-state index contributed by atoms with van der Waals surface area (Å²) in [7, 11) is 2.22. The lowest BCUT2D eigenvalue weighted by Gasteiger charge is -2.23. The van der Waals surface area contributed by atoms with Gasteiger partial charge in [-0.05, 0) is 44.2 Å². The van der Waals surface area contributed by atoms with Gasteiger partial charge in [-0.2, -0.15) is 0 Å². The maximum atomic E-state index is 3.81. The molecule has 1 heterocycles. The van der Waals surface area contributed by atoms with Crippen LogP contribution in [0.2, 0.25) is 0 Å². The van der Waals surface area contributed by atoms with E-state index in [1.54, 1.807) is 0 Å². The minimum absolute atomic E-state index is 0.572. The van der Waals surface area contributed by atoms with Gasteiger partial charge in [0.05, 0.1) is 0 Å². The van der Waals surface area contributed by atoms with Crippen LogP contribution in [-0.4, -0.2) is 19.6 Å². The van der Waals surface area contributed by atoms with E-state index in [9.17, 15) is 0 Å². The third-order valence-electron chi connectivity index (χ3n) is 3.97. The van der Waals surface area contributed by atoms with E-state index in [2.05, 4.69) is 42.4 Å². The molecule has 92 valence electrons. The first-order valence-electron chi connectivity index (χ1n) is 6.82. The number of benzene rings is 1. The summed E-state index contributed by atoms with van der Waals surface area (Å²) in [6.45, 7) is 3.37. The molecule has 0 spiro atoms. The van der Waals surface area contributed by atoms with Gasteiger partial charge in [0.2, 0.25) is 0 Å². The lowest BCUT2D eigenvalue weighted by atomic mass is 9.99. The van der Waals surface area contributed by atoms with E-state index in [0.717, 1.165) is 6.04 Å². The van der Waals surface area contributed by atoms with Crippen molar-refractivity contribution in [2.24, 2.45) is 0 Å². The van der Waals surface area contributed by atoms with Gasteiger partial charge in [-0.15, -0.1) is 0 Å². The molecule has 17 heavy (non-hydrogen) atoms. The topological polar surface area (TPSA) is 15.3 Å². The van der Waals surface area contributed by atoms with Gasteiger partial charge in [-0.1, -0.05) is 17.7 Å². The Labute approximate surface area is 104 Å². The smallest absolute Gasteiger partial charge is 0.0412 e. The second-order valence-corrected chi connectivity index (χ2v) is 5.62. The van der Waals surface area contributed by atoms with Crippen molar-refractivity contribution in [2.45, 2.75) is 44.7 Å². The fourth-order valence-electron chi connectivity index (χ4n) is 2.82. The molecule has 1 fully saturated rings. The fraction of sp³-hybridized carbons (Fsp3) is 0.600. The predicted molar refractivity (Wildman–Crippen MR) is 72.6 cm³/mol. The molecule has 0 radical (unpaired) electrons. The van der Waals surface area contributed by atoms with E-state index >= 15 is 0 Å². The van der Waals surface area contributed by atoms with Gasteiger partial charge in [-0.25, -0.2) is 0 Å². The highest BCUT2D eigenvalue weighted by molar-refractivity contribution is 5.56. The number of nitrogens with zero attached hydrogens (tertiary/aromatic N) is 1. The van der Waals surface area contributed by atoms with Crippen LogP contribution in [-0.2, 0) is 0 Å². The number of hydrogen-bond acceptors (Lipinski definition) is 2. The van der Waals surface area contributed by atoms with E-state index in [1.807, 2.05) is 0 Å². The summed E-state index contributed by atoms with van der Waals surface area (Å²) < 4.78 is 0. The quantitative estimate of drug-likeness (QED) is 0.840. The number of aryl methyl sites for hydroxylation is 1. The molecule has 1 aromatic carbocycles. The van der Waals surface area contributed by atoms with Crippen molar-refractivity contribution in [3.8, 4) is 0 Å². The molecular formula is C15H22N2. The Morgan fingerprint density at radius 3 is 2.82 bits per heavy atom. The van der Waals surface area contributed by atoms with Gasteiger partial charge < -0.3 is 10.2 Å². The van der Waals surface area contributed by atoms with Crippen LogP contribution >= 0.6 is 0 Å². The standard InChI is InChI=1S/C15H22N2/c1-11-5-8-15-13(10-11)14(16-12-6-7-12)4-3-9-17(15)2/h5,8,10,12,14,16H,3-4,6-7,9H2,1-2H3. The minimum atomic E-state index is 0.572. The number of anilines is 1. The summed E-state index contributed by atoms with van der Waals surface area (Å²) in [5, 5.41) is 3.81. The Morgan fingerprint density at radius 1 is 1.24 bits per heavy atom.